The number of benzene rings is 2. The van der Waals surface area contributed by atoms with Gasteiger partial charge < -0.3 is 10.2 Å². The summed E-state index contributed by atoms with van der Waals surface area (Å²) >= 11 is 1.73. The minimum Gasteiger partial charge on any atom is -0.390 e. The van der Waals surface area contributed by atoms with Crippen LogP contribution in [0.25, 0.3) is 0 Å². The lowest BCUT2D eigenvalue weighted by Crippen LogP contribution is -2.28. The van der Waals surface area contributed by atoms with E-state index in [0.717, 1.165) is 6.42 Å². The number of aliphatic hydroxyl groups excluding tert-OH is 2. The van der Waals surface area contributed by atoms with Crippen LogP contribution in [0.3, 0.4) is 0 Å². The van der Waals surface area contributed by atoms with Gasteiger partial charge in [0, 0.05) is 10.1 Å². The molecule has 0 aliphatic carbocycles. The van der Waals surface area contributed by atoms with E-state index in [-0.39, 0.29) is 5.25 Å². The van der Waals surface area contributed by atoms with Crippen LogP contribution in [-0.2, 0) is 6.42 Å². The molecule has 0 saturated heterocycles. The molecule has 2 N–H and O–H groups in total. The fourth-order valence-corrected chi connectivity index (χ4v) is 3.50. The molecule has 0 aliphatic heterocycles. The highest BCUT2D eigenvalue weighted by atomic mass is 32.2. The third-order valence-electron chi connectivity index (χ3n) is 3.67. The summed E-state index contributed by atoms with van der Waals surface area (Å²) in [5, 5.41) is 20.6. The monoisotopic (exact) mass is 316 g/mol. The van der Waals surface area contributed by atoms with E-state index >= 15 is 0 Å². The van der Waals surface area contributed by atoms with Gasteiger partial charge in [-0.1, -0.05) is 55.5 Å². The van der Waals surface area contributed by atoms with Crippen molar-refractivity contribution in [3.05, 3.63) is 66.2 Å². The standard InChI is InChI=1S/C19H24O2S/c1-15(22-17-10-6-3-7-11-17)14-19(21)18(20)13-12-16-8-4-2-5-9-16/h2-11,15,18-21H,12-14H2,1H3. The lowest BCUT2D eigenvalue weighted by Gasteiger charge is -2.21. The van der Waals surface area contributed by atoms with E-state index in [1.54, 1.807) is 11.8 Å². The van der Waals surface area contributed by atoms with Gasteiger partial charge in [0.05, 0.1) is 12.2 Å². The van der Waals surface area contributed by atoms with Crippen molar-refractivity contribution in [3.63, 3.8) is 0 Å². The quantitative estimate of drug-likeness (QED) is 0.725. The molecule has 22 heavy (non-hydrogen) atoms. The first kappa shape index (κ1) is 17.1. The van der Waals surface area contributed by atoms with Gasteiger partial charge in [0.2, 0.25) is 0 Å². The summed E-state index contributed by atoms with van der Waals surface area (Å²) in [5.74, 6) is 0. The number of aryl methyl sites for hydroxylation is 1. The Morgan fingerprint density at radius 2 is 1.45 bits per heavy atom. The molecular formula is C19H24O2S. The summed E-state index contributed by atoms with van der Waals surface area (Å²) < 4.78 is 0. The molecule has 0 saturated carbocycles. The smallest absolute Gasteiger partial charge is 0.0809 e. The average Bonchev–Trinajstić information content (AvgIpc) is 2.54. The Kier molecular flexibility index (Phi) is 6.97. The number of rotatable bonds is 8. The highest BCUT2D eigenvalue weighted by Crippen LogP contribution is 2.26. The highest BCUT2D eigenvalue weighted by molar-refractivity contribution is 7.99. The third-order valence-corrected chi connectivity index (χ3v) is 4.81. The van der Waals surface area contributed by atoms with Crippen molar-refractivity contribution in [3.8, 4) is 0 Å². The van der Waals surface area contributed by atoms with E-state index in [1.807, 2.05) is 48.5 Å². The molecule has 0 heterocycles. The predicted octanol–water partition coefficient (Wildman–Crippen LogP) is 3.91. The average molecular weight is 316 g/mol. The van der Waals surface area contributed by atoms with Gasteiger partial charge >= 0.3 is 0 Å². The summed E-state index contributed by atoms with van der Waals surface area (Å²) in [4.78, 5) is 1.20. The first-order valence-corrected chi connectivity index (χ1v) is 8.65. The normalized spacial score (nSPS) is 15.2. The topological polar surface area (TPSA) is 40.5 Å². The summed E-state index contributed by atoms with van der Waals surface area (Å²) in [6.45, 7) is 2.09. The van der Waals surface area contributed by atoms with E-state index in [0.29, 0.717) is 12.8 Å². The molecule has 0 fully saturated rings. The van der Waals surface area contributed by atoms with Crippen molar-refractivity contribution in [1.29, 1.82) is 0 Å². The van der Waals surface area contributed by atoms with Crippen LogP contribution in [0, 0.1) is 0 Å². The second-order valence-corrected chi connectivity index (χ2v) is 7.15. The first-order valence-electron chi connectivity index (χ1n) is 7.77. The molecular weight excluding hydrogens is 292 g/mol. The number of hydrogen-bond acceptors (Lipinski definition) is 3. The van der Waals surface area contributed by atoms with Crippen molar-refractivity contribution in [2.75, 3.05) is 0 Å². The molecule has 2 aromatic rings. The van der Waals surface area contributed by atoms with Crippen molar-refractivity contribution in [2.24, 2.45) is 0 Å². The second kappa shape index (κ2) is 8.99. The Morgan fingerprint density at radius 1 is 0.864 bits per heavy atom. The molecule has 0 aliphatic rings. The SMILES string of the molecule is CC(CC(O)C(O)CCc1ccccc1)Sc1ccccc1. The van der Waals surface area contributed by atoms with E-state index in [9.17, 15) is 10.2 Å². The van der Waals surface area contributed by atoms with Crippen LogP contribution in [0.15, 0.2) is 65.6 Å². The van der Waals surface area contributed by atoms with E-state index in [1.165, 1.54) is 10.5 Å². The maximum absolute atomic E-state index is 10.2. The molecule has 3 heteroatoms. The highest BCUT2D eigenvalue weighted by Gasteiger charge is 2.19. The summed E-state index contributed by atoms with van der Waals surface area (Å²) in [6, 6.07) is 20.2. The van der Waals surface area contributed by atoms with Gasteiger partial charge in [-0.2, -0.15) is 0 Å². The lowest BCUT2D eigenvalue weighted by molar-refractivity contribution is 0.0106. The van der Waals surface area contributed by atoms with Gasteiger partial charge in [0.15, 0.2) is 0 Å². The molecule has 0 aromatic heterocycles. The predicted molar refractivity (Wildman–Crippen MR) is 93.2 cm³/mol. The Balaban J connectivity index is 1.74. The van der Waals surface area contributed by atoms with E-state index < -0.39 is 12.2 Å². The maximum atomic E-state index is 10.2. The number of aliphatic hydroxyl groups is 2. The Morgan fingerprint density at radius 3 is 2.09 bits per heavy atom. The molecule has 0 amide bonds. The van der Waals surface area contributed by atoms with Crippen molar-refractivity contribution in [2.45, 2.75) is 48.5 Å². The summed E-state index contributed by atoms with van der Waals surface area (Å²) in [7, 11) is 0. The van der Waals surface area contributed by atoms with Crippen LogP contribution in [-0.4, -0.2) is 27.7 Å². The van der Waals surface area contributed by atoms with Crippen LogP contribution >= 0.6 is 11.8 Å². The largest absolute Gasteiger partial charge is 0.390 e. The molecule has 0 spiro atoms. The zero-order chi connectivity index (χ0) is 15.8. The van der Waals surface area contributed by atoms with Crippen molar-refractivity contribution < 1.29 is 10.2 Å². The van der Waals surface area contributed by atoms with E-state index in [4.69, 9.17) is 0 Å². The van der Waals surface area contributed by atoms with Crippen molar-refractivity contribution >= 4 is 11.8 Å². The molecule has 0 bridgehead atoms. The molecule has 2 aromatic carbocycles. The Labute approximate surface area is 137 Å². The molecule has 118 valence electrons. The minimum atomic E-state index is -0.671. The van der Waals surface area contributed by atoms with Gasteiger partial charge in [-0.25, -0.2) is 0 Å². The fourth-order valence-electron chi connectivity index (χ4n) is 2.43. The van der Waals surface area contributed by atoms with Crippen LogP contribution in [0.1, 0.15) is 25.3 Å². The van der Waals surface area contributed by atoms with Crippen LogP contribution in [0.4, 0.5) is 0 Å². The van der Waals surface area contributed by atoms with E-state index in [2.05, 4.69) is 19.1 Å². The number of hydrogen-bond donors (Lipinski definition) is 2. The zero-order valence-electron chi connectivity index (χ0n) is 12.9. The van der Waals surface area contributed by atoms with Gasteiger partial charge in [-0.15, -0.1) is 11.8 Å². The molecule has 3 atom stereocenters. The lowest BCUT2D eigenvalue weighted by atomic mass is 10.0. The third kappa shape index (κ3) is 5.84. The Hall–Kier alpha value is -1.29. The van der Waals surface area contributed by atoms with Gasteiger partial charge in [-0.05, 0) is 37.0 Å². The van der Waals surface area contributed by atoms with Gasteiger partial charge in [0.1, 0.15) is 0 Å². The molecule has 2 nitrogen and oxygen atoms in total. The zero-order valence-corrected chi connectivity index (χ0v) is 13.7. The Bertz CT molecular complexity index is 530. The van der Waals surface area contributed by atoms with Gasteiger partial charge in [0.25, 0.3) is 0 Å². The number of thioether (sulfide) groups is 1. The fraction of sp³-hybridized carbons (Fsp3) is 0.368. The van der Waals surface area contributed by atoms with Gasteiger partial charge in [-0.3, -0.25) is 0 Å². The first-order chi connectivity index (χ1) is 10.6. The molecule has 0 radical (unpaired) electrons. The second-order valence-electron chi connectivity index (χ2n) is 5.64. The summed E-state index contributed by atoms with van der Waals surface area (Å²) in [5.41, 5.74) is 1.19. The van der Waals surface area contributed by atoms with Crippen LogP contribution in [0.2, 0.25) is 0 Å². The maximum Gasteiger partial charge on any atom is 0.0809 e. The minimum absolute atomic E-state index is 0.267. The molecule has 2 rings (SSSR count). The molecule has 3 unspecified atom stereocenters. The summed E-state index contributed by atoms with van der Waals surface area (Å²) in [6.07, 6.45) is 0.636. The van der Waals surface area contributed by atoms with Crippen LogP contribution < -0.4 is 0 Å². The van der Waals surface area contributed by atoms with Crippen molar-refractivity contribution in [1.82, 2.24) is 0 Å². The van der Waals surface area contributed by atoms with Crippen LogP contribution in [0.5, 0.6) is 0 Å².